The van der Waals surface area contributed by atoms with Crippen LogP contribution in [0.1, 0.15) is 29.2 Å². The number of carbonyl (C=O) groups excluding carboxylic acids is 1. The van der Waals surface area contributed by atoms with E-state index in [-0.39, 0.29) is 5.97 Å². The van der Waals surface area contributed by atoms with Gasteiger partial charge in [0.2, 0.25) is 0 Å². The van der Waals surface area contributed by atoms with Gasteiger partial charge in [-0.3, -0.25) is 4.79 Å². The number of ether oxygens (including phenoxy) is 1. The summed E-state index contributed by atoms with van der Waals surface area (Å²) in [6.07, 6.45) is 1.80. The highest BCUT2D eigenvalue weighted by Gasteiger charge is 2.11. The summed E-state index contributed by atoms with van der Waals surface area (Å²) in [5.41, 5.74) is 6.80. The van der Waals surface area contributed by atoms with Crippen LogP contribution in [-0.2, 0) is 4.79 Å². The van der Waals surface area contributed by atoms with Crippen molar-refractivity contribution in [2.45, 2.75) is 27.7 Å². The minimum absolute atomic E-state index is 0.302. The van der Waals surface area contributed by atoms with Gasteiger partial charge in [0.05, 0.1) is 0 Å². The second-order valence-corrected chi connectivity index (χ2v) is 3.82. The van der Waals surface area contributed by atoms with Crippen LogP contribution in [0, 0.1) is 20.8 Å². The lowest BCUT2D eigenvalue weighted by Crippen LogP contribution is -2.06. The molecule has 0 fully saturated rings. The fraction of sp³-hybridized carbons (Fsp3) is 0.286. The standard InChI is InChI=1S/C14H16O2/c1-6-7-13-9(2)8-10(3)14(11(13)4)16-12(5)15/h7-8H,1H2,2-5H3. The van der Waals surface area contributed by atoms with E-state index in [4.69, 9.17) is 4.74 Å². The third kappa shape index (κ3) is 2.41. The predicted octanol–water partition coefficient (Wildman–Crippen LogP) is 3.34. The fourth-order valence-electron chi connectivity index (χ4n) is 1.81. The molecular weight excluding hydrogens is 200 g/mol. The lowest BCUT2D eigenvalue weighted by atomic mass is 9.98. The van der Waals surface area contributed by atoms with Crippen molar-refractivity contribution in [3.63, 3.8) is 0 Å². The molecule has 84 valence electrons. The van der Waals surface area contributed by atoms with Gasteiger partial charge in [-0.2, -0.15) is 0 Å². The van der Waals surface area contributed by atoms with Gasteiger partial charge >= 0.3 is 5.97 Å². The van der Waals surface area contributed by atoms with Crippen molar-refractivity contribution in [1.29, 1.82) is 0 Å². The van der Waals surface area contributed by atoms with E-state index in [1.165, 1.54) is 6.92 Å². The SMILES string of the molecule is C=C=Cc1c(C)cc(C)c(OC(C)=O)c1C. The number of rotatable bonds is 2. The first-order valence-electron chi connectivity index (χ1n) is 5.12. The number of hydrogen-bond acceptors (Lipinski definition) is 2. The molecule has 0 radical (unpaired) electrons. The van der Waals surface area contributed by atoms with Gasteiger partial charge < -0.3 is 4.74 Å². The summed E-state index contributed by atoms with van der Waals surface area (Å²) >= 11 is 0. The van der Waals surface area contributed by atoms with Crippen molar-refractivity contribution in [3.05, 3.63) is 40.6 Å². The highest BCUT2D eigenvalue weighted by Crippen LogP contribution is 2.29. The summed E-state index contributed by atoms with van der Waals surface area (Å²) in [6.45, 7) is 10.8. The van der Waals surface area contributed by atoms with Crippen molar-refractivity contribution in [1.82, 2.24) is 0 Å². The van der Waals surface area contributed by atoms with Gasteiger partial charge in [-0.25, -0.2) is 0 Å². The Morgan fingerprint density at radius 3 is 2.50 bits per heavy atom. The zero-order valence-electron chi connectivity index (χ0n) is 10.2. The summed E-state index contributed by atoms with van der Waals surface area (Å²) in [4.78, 5) is 11.0. The van der Waals surface area contributed by atoms with Crippen molar-refractivity contribution in [2.24, 2.45) is 0 Å². The Kier molecular flexibility index (Phi) is 3.70. The highest BCUT2D eigenvalue weighted by atomic mass is 16.5. The third-order valence-electron chi connectivity index (χ3n) is 2.45. The maximum absolute atomic E-state index is 11.0. The molecule has 0 spiro atoms. The number of esters is 1. The maximum Gasteiger partial charge on any atom is 0.308 e. The second kappa shape index (κ2) is 4.82. The summed E-state index contributed by atoms with van der Waals surface area (Å²) in [5, 5.41) is 0. The summed E-state index contributed by atoms with van der Waals surface area (Å²) < 4.78 is 5.21. The van der Waals surface area contributed by atoms with Crippen molar-refractivity contribution in [3.8, 4) is 5.75 Å². The zero-order chi connectivity index (χ0) is 12.3. The molecular formula is C14H16O2. The number of benzene rings is 1. The van der Waals surface area contributed by atoms with Crippen molar-refractivity contribution < 1.29 is 9.53 Å². The molecule has 0 saturated carbocycles. The molecule has 0 atom stereocenters. The second-order valence-electron chi connectivity index (χ2n) is 3.82. The van der Waals surface area contributed by atoms with E-state index in [1.54, 1.807) is 6.08 Å². The highest BCUT2D eigenvalue weighted by molar-refractivity contribution is 5.72. The van der Waals surface area contributed by atoms with Crippen LogP contribution in [0.25, 0.3) is 6.08 Å². The van der Waals surface area contributed by atoms with Crippen LogP contribution in [0.2, 0.25) is 0 Å². The summed E-state index contributed by atoms with van der Waals surface area (Å²) in [7, 11) is 0. The van der Waals surface area contributed by atoms with Crippen molar-refractivity contribution in [2.75, 3.05) is 0 Å². The van der Waals surface area contributed by atoms with Gasteiger partial charge in [0.1, 0.15) is 5.75 Å². The normalized spacial score (nSPS) is 9.50. The van der Waals surface area contributed by atoms with E-state index in [9.17, 15) is 4.79 Å². The van der Waals surface area contributed by atoms with Gasteiger partial charge in [0, 0.05) is 12.5 Å². The van der Waals surface area contributed by atoms with Crippen LogP contribution in [0.15, 0.2) is 18.4 Å². The monoisotopic (exact) mass is 216 g/mol. The maximum atomic E-state index is 11.0. The van der Waals surface area contributed by atoms with Crippen LogP contribution >= 0.6 is 0 Å². The minimum atomic E-state index is -0.302. The molecule has 16 heavy (non-hydrogen) atoms. The van der Waals surface area contributed by atoms with Crippen LogP contribution in [0.4, 0.5) is 0 Å². The van der Waals surface area contributed by atoms with E-state index in [0.29, 0.717) is 5.75 Å². The summed E-state index contributed by atoms with van der Waals surface area (Å²) in [5.74, 6) is 0.336. The predicted molar refractivity (Wildman–Crippen MR) is 65.6 cm³/mol. The molecule has 2 nitrogen and oxygen atoms in total. The topological polar surface area (TPSA) is 26.3 Å². The molecule has 0 aliphatic heterocycles. The van der Waals surface area contributed by atoms with E-state index in [1.807, 2.05) is 26.8 Å². The van der Waals surface area contributed by atoms with Gasteiger partial charge in [-0.15, -0.1) is 5.73 Å². The quantitative estimate of drug-likeness (QED) is 0.430. The first-order valence-corrected chi connectivity index (χ1v) is 5.12. The molecule has 0 amide bonds. The molecule has 1 rings (SSSR count). The molecule has 0 aliphatic rings. The van der Waals surface area contributed by atoms with Gasteiger partial charge in [-0.05, 0) is 43.5 Å². The van der Waals surface area contributed by atoms with Crippen LogP contribution in [0.5, 0.6) is 5.75 Å². The van der Waals surface area contributed by atoms with E-state index in [0.717, 1.165) is 22.3 Å². The van der Waals surface area contributed by atoms with E-state index >= 15 is 0 Å². The molecule has 1 aromatic rings. The average Bonchev–Trinajstić information content (AvgIpc) is 2.19. The van der Waals surface area contributed by atoms with Gasteiger partial charge in [0.15, 0.2) is 0 Å². The molecule has 0 unspecified atom stereocenters. The van der Waals surface area contributed by atoms with Crippen LogP contribution in [-0.4, -0.2) is 5.97 Å². The molecule has 1 aromatic carbocycles. The molecule has 0 heterocycles. The molecule has 0 aromatic heterocycles. The largest absolute Gasteiger partial charge is 0.426 e. The third-order valence-corrected chi connectivity index (χ3v) is 2.45. The Bertz CT molecular complexity index is 478. The Hall–Kier alpha value is -1.79. The minimum Gasteiger partial charge on any atom is -0.426 e. The van der Waals surface area contributed by atoms with Crippen LogP contribution in [0.3, 0.4) is 0 Å². The molecule has 0 bridgehead atoms. The van der Waals surface area contributed by atoms with Gasteiger partial charge in [-0.1, -0.05) is 12.6 Å². The molecule has 0 N–H and O–H groups in total. The van der Waals surface area contributed by atoms with Crippen LogP contribution < -0.4 is 4.74 Å². The Balaban J connectivity index is 3.44. The van der Waals surface area contributed by atoms with Gasteiger partial charge in [0.25, 0.3) is 0 Å². The average molecular weight is 216 g/mol. The Morgan fingerprint density at radius 1 is 1.38 bits per heavy atom. The number of hydrogen-bond donors (Lipinski definition) is 0. The van der Waals surface area contributed by atoms with Crippen molar-refractivity contribution >= 4 is 12.0 Å². The lowest BCUT2D eigenvalue weighted by Gasteiger charge is -2.13. The first-order chi connectivity index (χ1) is 7.47. The van der Waals surface area contributed by atoms with E-state index < -0.39 is 0 Å². The fourth-order valence-corrected chi connectivity index (χ4v) is 1.81. The van der Waals surface area contributed by atoms with E-state index in [2.05, 4.69) is 12.3 Å². The molecule has 0 saturated heterocycles. The number of aryl methyl sites for hydroxylation is 2. The Morgan fingerprint density at radius 2 is 2.00 bits per heavy atom. The Labute approximate surface area is 96.2 Å². The molecule has 0 aliphatic carbocycles. The number of carbonyl (C=O) groups is 1. The molecule has 2 heteroatoms. The first kappa shape index (κ1) is 12.3. The smallest absolute Gasteiger partial charge is 0.308 e. The zero-order valence-corrected chi connectivity index (χ0v) is 10.2. The lowest BCUT2D eigenvalue weighted by molar-refractivity contribution is -0.131. The summed E-state index contributed by atoms with van der Waals surface area (Å²) in [6, 6.07) is 1.99.